The molecule has 2 N–H and O–H groups in total. The first-order chi connectivity index (χ1) is 3.91. The molecule has 0 saturated heterocycles. The molecular formula is C2H6O6P-3. The second kappa shape index (κ2) is 6.15. The lowest BCUT2D eigenvalue weighted by Gasteiger charge is -2.36. The van der Waals surface area contributed by atoms with Gasteiger partial charge in [-0.15, -0.1) is 0 Å². The summed E-state index contributed by atoms with van der Waals surface area (Å²) in [5.74, 6) is 0. The van der Waals surface area contributed by atoms with E-state index in [1.54, 1.807) is 0 Å². The third-order valence-corrected chi connectivity index (χ3v) is 0.1000. The first-order valence-corrected chi connectivity index (χ1v) is 3.32. The van der Waals surface area contributed by atoms with E-state index >= 15 is 0 Å². The molecule has 0 aromatic rings. The molecule has 0 unspecified atom stereocenters. The van der Waals surface area contributed by atoms with E-state index in [-0.39, 0.29) is 13.2 Å². The van der Waals surface area contributed by atoms with Crippen LogP contribution in [0.5, 0.6) is 0 Å². The summed E-state index contributed by atoms with van der Waals surface area (Å²) in [7, 11) is -5.39. The maximum atomic E-state index is 8.55. The summed E-state index contributed by atoms with van der Waals surface area (Å²) in [6, 6.07) is 0. The number of aliphatic hydroxyl groups excluding tert-OH is 2. The zero-order valence-electron chi connectivity index (χ0n) is 4.39. The number of hydrogen-bond acceptors (Lipinski definition) is 6. The highest BCUT2D eigenvalue weighted by atomic mass is 31.2. The van der Waals surface area contributed by atoms with Gasteiger partial charge in [-0.25, -0.2) is 0 Å². The fourth-order valence-electron chi connectivity index (χ4n) is 0. The van der Waals surface area contributed by atoms with E-state index in [9.17, 15) is 0 Å². The second-order valence-corrected chi connectivity index (χ2v) is 1.79. The van der Waals surface area contributed by atoms with Gasteiger partial charge in [0, 0.05) is 0 Å². The molecule has 0 saturated carbocycles. The van der Waals surface area contributed by atoms with Crippen molar-refractivity contribution in [2.24, 2.45) is 0 Å². The molecule has 9 heavy (non-hydrogen) atoms. The maximum Gasteiger partial charge on any atom is 0.0662 e. The smallest absolute Gasteiger partial charge is 0.0662 e. The van der Waals surface area contributed by atoms with Crippen LogP contribution in [0.25, 0.3) is 0 Å². The molecule has 0 amide bonds. The zero-order valence-corrected chi connectivity index (χ0v) is 5.28. The molecule has 7 heteroatoms. The summed E-state index contributed by atoms with van der Waals surface area (Å²) in [5, 5.41) is 15.2. The Morgan fingerprint density at radius 1 is 1.11 bits per heavy atom. The molecule has 0 radical (unpaired) electrons. The largest absolute Gasteiger partial charge is 0.822 e. The highest BCUT2D eigenvalue weighted by Crippen LogP contribution is 2.03. The van der Waals surface area contributed by atoms with Gasteiger partial charge in [0.2, 0.25) is 0 Å². The van der Waals surface area contributed by atoms with Crippen molar-refractivity contribution in [1.82, 2.24) is 0 Å². The molecule has 0 aliphatic carbocycles. The van der Waals surface area contributed by atoms with Crippen LogP contribution in [0.15, 0.2) is 0 Å². The molecule has 0 heterocycles. The van der Waals surface area contributed by atoms with E-state index < -0.39 is 7.82 Å². The lowest BCUT2D eigenvalue weighted by Crippen LogP contribution is -2.24. The number of hydrogen-bond donors (Lipinski definition) is 2. The Morgan fingerprint density at radius 3 is 1.22 bits per heavy atom. The van der Waals surface area contributed by atoms with E-state index in [1.165, 1.54) is 0 Å². The van der Waals surface area contributed by atoms with Crippen LogP contribution in [0.1, 0.15) is 0 Å². The Bertz CT molecular complexity index is 74.8. The Hall–Kier alpha value is 0.0300. The molecule has 0 aliphatic rings. The molecule has 0 bridgehead atoms. The van der Waals surface area contributed by atoms with Crippen LogP contribution in [0, 0.1) is 0 Å². The Morgan fingerprint density at radius 2 is 1.22 bits per heavy atom. The van der Waals surface area contributed by atoms with Crippen molar-refractivity contribution < 1.29 is 29.5 Å². The molecule has 0 aliphatic heterocycles. The Labute approximate surface area is 51.6 Å². The van der Waals surface area contributed by atoms with Gasteiger partial charge < -0.3 is 29.5 Å². The van der Waals surface area contributed by atoms with Crippen LogP contribution in [0.3, 0.4) is 0 Å². The van der Waals surface area contributed by atoms with Gasteiger partial charge in [-0.2, -0.15) is 7.82 Å². The van der Waals surface area contributed by atoms with E-state index in [1.807, 2.05) is 0 Å². The fourth-order valence-corrected chi connectivity index (χ4v) is 0. The quantitative estimate of drug-likeness (QED) is 0.375. The van der Waals surface area contributed by atoms with Gasteiger partial charge in [-0.3, -0.25) is 0 Å². The van der Waals surface area contributed by atoms with Gasteiger partial charge >= 0.3 is 0 Å². The molecule has 0 aromatic carbocycles. The van der Waals surface area contributed by atoms with Crippen LogP contribution in [-0.2, 0) is 4.57 Å². The highest BCUT2D eigenvalue weighted by Gasteiger charge is 1.58. The Balaban J connectivity index is 0. The monoisotopic (exact) mass is 157 g/mol. The number of rotatable bonds is 1. The Kier molecular flexibility index (Phi) is 8.06. The first-order valence-electron chi connectivity index (χ1n) is 1.86. The van der Waals surface area contributed by atoms with E-state index in [2.05, 4.69) is 0 Å². The minimum absolute atomic E-state index is 0.125. The van der Waals surface area contributed by atoms with Gasteiger partial charge in [0.05, 0.1) is 13.2 Å². The molecular weight excluding hydrogens is 151 g/mol. The first kappa shape index (κ1) is 11.8. The van der Waals surface area contributed by atoms with Crippen LogP contribution in [0.4, 0.5) is 0 Å². The third kappa shape index (κ3) is 275. The molecule has 0 rings (SSSR count). The number of aliphatic hydroxyl groups is 2. The van der Waals surface area contributed by atoms with Gasteiger partial charge in [0.1, 0.15) is 0 Å². The van der Waals surface area contributed by atoms with Gasteiger partial charge in [-0.05, 0) is 0 Å². The zero-order chi connectivity index (χ0) is 7.91. The molecule has 6 nitrogen and oxygen atoms in total. The van der Waals surface area contributed by atoms with Crippen molar-refractivity contribution >= 4 is 7.82 Å². The molecule has 0 atom stereocenters. The van der Waals surface area contributed by atoms with Crippen LogP contribution >= 0.6 is 7.82 Å². The van der Waals surface area contributed by atoms with Crippen molar-refractivity contribution in [2.45, 2.75) is 0 Å². The van der Waals surface area contributed by atoms with Gasteiger partial charge in [0.15, 0.2) is 0 Å². The van der Waals surface area contributed by atoms with Crippen LogP contribution < -0.4 is 14.7 Å². The summed E-state index contributed by atoms with van der Waals surface area (Å²) < 4.78 is 8.55. The summed E-state index contributed by atoms with van der Waals surface area (Å²) in [4.78, 5) is 25.6. The van der Waals surface area contributed by atoms with Gasteiger partial charge in [-0.1, -0.05) is 0 Å². The summed E-state index contributed by atoms with van der Waals surface area (Å²) in [6.45, 7) is -0.250. The lowest BCUT2D eigenvalue weighted by atomic mass is 10.8. The van der Waals surface area contributed by atoms with Gasteiger partial charge in [0.25, 0.3) is 0 Å². The molecule has 0 spiro atoms. The van der Waals surface area contributed by atoms with Crippen molar-refractivity contribution in [3.63, 3.8) is 0 Å². The maximum absolute atomic E-state index is 8.55. The number of phosphoric acid groups is 1. The van der Waals surface area contributed by atoms with E-state index in [0.29, 0.717) is 0 Å². The van der Waals surface area contributed by atoms with Crippen molar-refractivity contribution in [3.05, 3.63) is 0 Å². The summed E-state index contributed by atoms with van der Waals surface area (Å²) >= 11 is 0. The predicted molar refractivity (Wildman–Crippen MR) is 21.8 cm³/mol. The molecule has 0 aromatic heterocycles. The minimum Gasteiger partial charge on any atom is -0.822 e. The minimum atomic E-state index is -5.39. The van der Waals surface area contributed by atoms with E-state index in [4.69, 9.17) is 29.5 Å². The summed E-state index contributed by atoms with van der Waals surface area (Å²) in [5.41, 5.74) is 0. The van der Waals surface area contributed by atoms with Crippen molar-refractivity contribution in [1.29, 1.82) is 0 Å². The van der Waals surface area contributed by atoms with Crippen LogP contribution in [0.2, 0.25) is 0 Å². The second-order valence-electron chi connectivity index (χ2n) is 0.894. The SMILES string of the molecule is O=P([O-])([O-])[O-].OCCO. The predicted octanol–water partition coefficient (Wildman–Crippen LogP) is -3.85. The molecule has 58 valence electrons. The van der Waals surface area contributed by atoms with E-state index in [0.717, 1.165) is 0 Å². The topological polar surface area (TPSA) is 127 Å². The third-order valence-electron chi connectivity index (χ3n) is 0.1000. The normalized spacial score (nSPS) is 9.89. The fraction of sp³-hybridized carbons (Fsp3) is 1.00. The summed E-state index contributed by atoms with van der Waals surface area (Å²) in [6.07, 6.45) is 0. The average molecular weight is 157 g/mol. The standard InChI is InChI=1S/C2H6O2.H3O4P/c3-1-2-4;1-5(2,3)4/h3-4H,1-2H2;(H3,1,2,3,4)/p-3. The van der Waals surface area contributed by atoms with Crippen molar-refractivity contribution in [2.75, 3.05) is 13.2 Å². The van der Waals surface area contributed by atoms with Crippen LogP contribution in [-0.4, -0.2) is 23.4 Å². The highest BCUT2D eigenvalue weighted by molar-refractivity contribution is 7.40. The lowest BCUT2D eigenvalue weighted by molar-refractivity contribution is -0.432. The average Bonchev–Trinajstić information content (AvgIpc) is 1.61. The molecule has 0 fully saturated rings. The van der Waals surface area contributed by atoms with Crippen molar-refractivity contribution in [3.8, 4) is 0 Å².